The van der Waals surface area contributed by atoms with Crippen LogP contribution in [0.25, 0.3) is 0 Å². The second kappa shape index (κ2) is 9.28. The fourth-order valence-electron chi connectivity index (χ4n) is 3.13. The van der Waals surface area contributed by atoms with Crippen LogP contribution in [0.3, 0.4) is 0 Å². The molecule has 1 heterocycles. The van der Waals surface area contributed by atoms with Crippen LogP contribution in [0, 0.1) is 0 Å². The van der Waals surface area contributed by atoms with Crippen molar-refractivity contribution in [2.75, 3.05) is 32.2 Å². The van der Waals surface area contributed by atoms with Gasteiger partial charge in [0, 0.05) is 24.9 Å². The van der Waals surface area contributed by atoms with Crippen LogP contribution in [0.2, 0.25) is 0 Å². The number of urea groups is 1. The smallest absolute Gasteiger partial charge is 0.322 e. The molecule has 2 aromatic rings. The molecule has 6 heteroatoms. The molecule has 1 aliphatic rings. The fourth-order valence-corrected chi connectivity index (χ4v) is 3.13. The number of likely N-dealkylation sites (tertiary alicyclic amines) is 1. The highest BCUT2D eigenvalue weighted by molar-refractivity contribution is 5.89. The van der Waals surface area contributed by atoms with Crippen LogP contribution >= 0.6 is 0 Å². The second-order valence-electron chi connectivity index (χ2n) is 6.38. The van der Waals surface area contributed by atoms with E-state index < -0.39 is 0 Å². The summed E-state index contributed by atoms with van der Waals surface area (Å²) in [4.78, 5) is 14.4. The number of nitrogens with one attached hydrogen (secondary N) is 1. The minimum Gasteiger partial charge on any atom is -0.497 e. The van der Waals surface area contributed by atoms with Crippen LogP contribution in [-0.2, 0) is 4.74 Å². The fraction of sp³-hybridized carbons (Fsp3) is 0.381. The molecule has 2 aromatic carbocycles. The number of nitrogens with zero attached hydrogens (tertiary/aromatic N) is 1. The zero-order valence-electron chi connectivity index (χ0n) is 15.8. The third-order valence-electron chi connectivity index (χ3n) is 4.53. The molecule has 0 spiro atoms. The van der Waals surface area contributed by atoms with E-state index in [-0.39, 0.29) is 12.1 Å². The largest absolute Gasteiger partial charge is 0.497 e. The van der Waals surface area contributed by atoms with Gasteiger partial charge in [-0.25, -0.2) is 4.79 Å². The van der Waals surface area contributed by atoms with Gasteiger partial charge in [0.25, 0.3) is 0 Å². The molecule has 1 atom stereocenters. The zero-order chi connectivity index (χ0) is 19.1. The van der Waals surface area contributed by atoms with E-state index in [9.17, 15) is 4.79 Å². The number of benzene rings is 2. The number of anilines is 1. The molecule has 0 bridgehead atoms. The highest BCUT2D eigenvalue weighted by Crippen LogP contribution is 2.26. The molecule has 1 aliphatic heterocycles. The molecule has 0 unspecified atom stereocenters. The lowest BCUT2D eigenvalue weighted by molar-refractivity contribution is 0.0970. The Kier molecular flexibility index (Phi) is 6.54. The third kappa shape index (κ3) is 5.14. The molecular weight excluding hydrogens is 344 g/mol. The molecule has 144 valence electrons. The monoisotopic (exact) mass is 370 g/mol. The number of hydrogen-bond donors (Lipinski definition) is 1. The van der Waals surface area contributed by atoms with E-state index in [0.717, 1.165) is 30.8 Å². The number of ether oxygens (including phenoxy) is 3. The molecule has 1 N–H and O–H groups in total. The highest BCUT2D eigenvalue weighted by Gasteiger charge is 2.28. The molecule has 6 nitrogen and oxygen atoms in total. The Morgan fingerprint density at radius 1 is 1.15 bits per heavy atom. The molecule has 3 rings (SSSR count). The van der Waals surface area contributed by atoms with Gasteiger partial charge in [0.1, 0.15) is 17.2 Å². The average molecular weight is 370 g/mol. The number of methoxy groups -OCH3 is 1. The van der Waals surface area contributed by atoms with E-state index in [1.165, 1.54) is 0 Å². The second-order valence-corrected chi connectivity index (χ2v) is 6.38. The number of hydrogen-bond acceptors (Lipinski definition) is 4. The van der Waals surface area contributed by atoms with Gasteiger partial charge in [0.2, 0.25) is 0 Å². The van der Waals surface area contributed by atoms with Gasteiger partial charge in [0.15, 0.2) is 0 Å². The molecule has 2 amide bonds. The van der Waals surface area contributed by atoms with Crippen LogP contribution in [-0.4, -0.2) is 43.8 Å². The lowest BCUT2D eigenvalue weighted by Crippen LogP contribution is -2.41. The summed E-state index contributed by atoms with van der Waals surface area (Å²) < 4.78 is 16.5. The number of carbonyl (C=O) groups is 1. The first-order chi connectivity index (χ1) is 13.2. The van der Waals surface area contributed by atoms with Crippen LogP contribution in [0.15, 0.2) is 48.5 Å². The van der Waals surface area contributed by atoms with Gasteiger partial charge in [-0.1, -0.05) is 6.07 Å². The maximum atomic E-state index is 12.5. The van der Waals surface area contributed by atoms with Crippen LogP contribution in [0.1, 0.15) is 19.8 Å². The summed E-state index contributed by atoms with van der Waals surface area (Å²) in [6.07, 6.45) is 2.00. The first-order valence-electron chi connectivity index (χ1n) is 9.27. The minimum atomic E-state index is -0.0846. The van der Waals surface area contributed by atoms with E-state index in [0.29, 0.717) is 24.7 Å². The maximum absolute atomic E-state index is 12.5. The molecule has 0 aliphatic carbocycles. The van der Waals surface area contributed by atoms with Crippen molar-refractivity contribution in [2.24, 2.45) is 0 Å². The first-order valence-corrected chi connectivity index (χ1v) is 9.27. The summed E-state index contributed by atoms with van der Waals surface area (Å²) in [5.41, 5.74) is 0.736. The molecule has 1 fully saturated rings. The predicted octanol–water partition coefficient (Wildman–Crippen LogP) is 4.52. The summed E-state index contributed by atoms with van der Waals surface area (Å²) in [6, 6.07) is 14.8. The van der Waals surface area contributed by atoms with Crippen molar-refractivity contribution < 1.29 is 19.0 Å². The van der Waals surface area contributed by atoms with Gasteiger partial charge in [0.05, 0.1) is 19.8 Å². The van der Waals surface area contributed by atoms with Crippen molar-refractivity contribution in [1.82, 2.24) is 4.90 Å². The lowest BCUT2D eigenvalue weighted by atomic mass is 10.2. The standard InChI is InChI=1S/C21H26N2O4/c1-3-26-15-17-6-5-13-23(17)21(24)22-16-9-11-18(12-10-16)27-20-8-4-7-19(14-20)25-2/h4,7-12,14,17H,3,5-6,13,15H2,1-2H3,(H,22,24)/t17-/m1/s1. The van der Waals surface area contributed by atoms with Crippen LogP contribution in [0.4, 0.5) is 10.5 Å². The molecular formula is C21H26N2O4. The quantitative estimate of drug-likeness (QED) is 0.778. The molecule has 1 saturated heterocycles. The number of amides is 2. The summed E-state index contributed by atoms with van der Waals surface area (Å²) in [5, 5.41) is 2.96. The lowest BCUT2D eigenvalue weighted by Gasteiger charge is -2.24. The van der Waals surface area contributed by atoms with Crippen molar-refractivity contribution in [1.29, 1.82) is 0 Å². The molecule has 0 saturated carbocycles. The topological polar surface area (TPSA) is 60.0 Å². The summed E-state index contributed by atoms with van der Waals surface area (Å²) >= 11 is 0. The zero-order valence-corrected chi connectivity index (χ0v) is 15.8. The Balaban J connectivity index is 1.57. The van der Waals surface area contributed by atoms with E-state index in [1.807, 2.05) is 60.4 Å². The third-order valence-corrected chi connectivity index (χ3v) is 4.53. The minimum absolute atomic E-state index is 0.0846. The molecule has 27 heavy (non-hydrogen) atoms. The Labute approximate surface area is 160 Å². The number of carbonyl (C=O) groups excluding carboxylic acids is 1. The van der Waals surface area contributed by atoms with Crippen LogP contribution < -0.4 is 14.8 Å². The number of rotatable bonds is 7. The Hall–Kier alpha value is -2.73. The van der Waals surface area contributed by atoms with Crippen molar-refractivity contribution in [2.45, 2.75) is 25.8 Å². The van der Waals surface area contributed by atoms with Gasteiger partial charge in [-0.3, -0.25) is 0 Å². The highest BCUT2D eigenvalue weighted by atomic mass is 16.5. The molecule has 0 radical (unpaired) electrons. The maximum Gasteiger partial charge on any atom is 0.322 e. The average Bonchev–Trinajstić information content (AvgIpc) is 3.17. The van der Waals surface area contributed by atoms with Gasteiger partial charge in [-0.15, -0.1) is 0 Å². The Morgan fingerprint density at radius 2 is 1.93 bits per heavy atom. The van der Waals surface area contributed by atoms with Gasteiger partial charge >= 0.3 is 6.03 Å². The summed E-state index contributed by atoms with van der Waals surface area (Å²) in [6.45, 7) is 3.99. The van der Waals surface area contributed by atoms with Crippen molar-refractivity contribution in [3.8, 4) is 17.2 Å². The van der Waals surface area contributed by atoms with Gasteiger partial charge in [-0.2, -0.15) is 0 Å². The van der Waals surface area contributed by atoms with Crippen LogP contribution in [0.5, 0.6) is 17.2 Å². The first kappa shape index (κ1) is 19.0. The van der Waals surface area contributed by atoms with Crippen molar-refractivity contribution >= 4 is 11.7 Å². The SMILES string of the molecule is CCOC[C@H]1CCCN1C(=O)Nc1ccc(Oc2cccc(OC)c2)cc1. The Bertz CT molecular complexity index is 748. The van der Waals surface area contributed by atoms with E-state index in [4.69, 9.17) is 14.2 Å². The predicted molar refractivity (Wildman–Crippen MR) is 105 cm³/mol. The van der Waals surface area contributed by atoms with Gasteiger partial charge in [-0.05, 0) is 56.2 Å². The van der Waals surface area contributed by atoms with E-state index in [2.05, 4.69) is 5.32 Å². The van der Waals surface area contributed by atoms with Crippen molar-refractivity contribution in [3.63, 3.8) is 0 Å². The van der Waals surface area contributed by atoms with Gasteiger partial charge < -0.3 is 24.4 Å². The normalized spacial score (nSPS) is 16.2. The summed E-state index contributed by atoms with van der Waals surface area (Å²) in [7, 11) is 1.62. The van der Waals surface area contributed by atoms with E-state index >= 15 is 0 Å². The molecule has 0 aromatic heterocycles. The van der Waals surface area contributed by atoms with Crippen molar-refractivity contribution in [3.05, 3.63) is 48.5 Å². The Morgan fingerprint density at radius 3 is 2.67 bits per heavy atom. The van der Waals surface area contributed by atoms with E-state index in [1.54, 1.807) is 7.11 Å². The summed E-state index contributed by atoms with van der Waals surface area (Å²) in [5.74, 6) is 2.13.